The van der Waals surface area contributed by atoms with Crippen LogP contribution in [0.3, 0.4) is 0 Å². The van der Waals surface area contributed by atoms with Crippen LogP contribution in [0.1, 0.15) is 0 Å². The summed E-state index contributed by atoms with van der Waals surface area (Å²) in [5.74, 6) is 1.49. The average molecular weight is 328 g/mol. The molecule has 18 heavy (non-hydrogen) atoms. The predicted octanol–water partition coefficient (Wildman–Crippen LogP) is 4.56. The molecule has 0 aromatic heterocycles. The second kappa shape index (κ2) is 6.66. The molecular weight excluding hydrogens is 316 g/mol. The number of hydrogen-bond acceptors (Lipinski definition) is 2. The summed E-state index contributed by atoms with van der Waals surface area (Å²) in [6.45, 7) is 0.928. The molecule has 2 aromatic carbocycles. The molecule has 2 nitrogen and oxygen atoms in total. The predicted molar refractivity (Wildman–Crippen MR) is 76.6 cm³/mol. The van der Waals surface area contributed by atoms with E-state index in [0.717, 1.165) is 10.2 Å². The summed E-state index contributed by atoms with van der Waals surface area (Å²) in [5, 5.41) is 0.611. The second-order valence-corrected chi connectivity index (χ2v) is 4.91. The molecule has 94 valence electrons. The van der Waals surface area contributed by atoms with E-state index < -0.39 is 0 Å². The van der Waals surface area contributed by atoms with Gasteiger partial charge in [0.05, 0.1) is 5.02 Å². The quantitative estimate of drug-likeness (QED) is 0.750. The van der Waals surface area contributed by atoms with Gasteiger partial charge in [-0.15, -0.1) is 0 Å². The fraction of sp³-hybridized carbons (Fsp3) is 0.143. The SMILES string of the molecule is Clc1ccccc1OCCOc1cccc(Br)c1. The smallest absolute Gasteiger partial charge is 0.138 e. The van der Waals surface area contributed by atoms with Crippen LogP contribution in [-0.2, 0) is 0 Å². The second-order valence-electron chi connectivity index (χ2n) is 3.58. The van der Waals surface area contributed by atoms with Gasteiger partial charge >= 0.3 is 0 Å². The summed E-state index contributed by atoms with van der Waals surface area (Å²) in [7, 11) is 0. The van der Waals surface area contributed by atoms with Gasteiger partial charge in [-0.1, -0.05) is 45.7 Å². The monoisotopic (exact) mass is 326 g/mol. The van der Waals surface area contributed by atoms with Gasteiger partial charge in [0, 0.05) is 4.47 Å². The molecule has 0 aliphatic rings. The van der Waals surface area contributed by atoms with Gasteiger partial charge in [-0.3, -0.25) is 0 Å². The van der Waals surface area contributed by atoms with Crippen LogP contribution in [0, 0.1) is 0 Å². The van der Waals surface area contributed by atoms with Gasteiger partial charge in [-0.05, 0) is 30.3 Å². The molecule has 4 heteroatoms. The van der Waals surface area contributed by atoms with Crippen LogP contribution in [0.15, 0.2) is 53.0 Å². The summed E-state index contributed by atoms with van der Waals surface area (Å²) in [6, 6.07) is 15.1. The fourth-order valence-electron chi connectivity index (χ4n) is 1.43. The van der Waals surface area contributed by atoms with Crippen molar-refractivity contribution in [2.75, 3.05) is 13.2 Å². The molecule has 0 heterocycles. The lowest BCUT2D eigenvalue weighted by Crippen LogP contribution is -2.09. The first-order valence-electron chi connectivity index (χ1n) is 5.51. The standard InChI is InChI=1S/C14H12BrClO2/c15-11-4-3-5-12(10-11)17-8-9-18-14-7-2-1-6-13(14)16/h1-7,10H,8-9H2. The summed E-state index contributed by atoms with van der Waals surface area (Å²) >= 11 is 9.36. The van der Waals surface area contributed by atoms with E-state index in [9.17, 15) is 0 Å². The fourth-order valence-corrected chi connectivity index (χ4v) is 2.00. The minimum absolute atomic E-state index is 0.455. The van der Waals surface area contributed by atoms with Crippen molar-refractivity contribution in [3.63, 3.8) is 0 Å². The van der Waals surface area contributed by atoms with E-state index in [1.807, 2.05) is 42.5 Å². The maximum absolute atomic E-state index is 5.97. The van der Waals surface area contributed by atoms with Gasteiger partial charge in [-0.25, -0.2) is 0 Å². The Hall–Kier alpha value is -1.19. The number of hydrogen-bond donors (Lipinski definition) is 0. The van der Waals surface area contributed by atoms with Gasteiger partial charge in [0.15, 0.2) is 0 Å². The molecule has 2 rings (SSSR count). The van der Waals surface area contributed by atoms with Crippen molar-refractivity contribution < 1.29 is 9.47 Å². The minimum Gasteiger partial charge on any atom is -0.490 e. The number of halogens is 2. The number of ether oxygens (including phenoxy) is 2. The zero-order chi connectivity index (χ0) is 12.8. The molecule has 0 saturated heterocycles. The van der Waals surface area contributed by atoms with Crippen LogP contribution in [0.5, 0.6) is 11.5 Å². The lowest BCUT2D eigenvalue weighted by atomic mass is 10.3. The highest BCUT2D eigenvalue weighted by Gasteiger charge is 1.99. The van der Waals surface area contributed by atoms with Crippen LogP contribution in [0.4, 0.5) is 0 Å². The zero-order valence-corrected chi connectivity index (χ0v) is 11.9. The van der Waals surface area contributed by atoms with E-state index >= 15 is 0 Å². The molecule has 0 unspecified atom stereocenters. The van der Waals surface area contributed by atoms with Crippen molar-refractivity contribution in [1.29, 1.82) is 0 Å². The lowest BCUT2D eigenvalue weighted by molar-refractivity contribution is 0.217. The van der Waals surface area contributed by atoms with Crippen LogP contribution >= 0.6 is 27.5 Å². The normalized spacial score (nSPS) is 10.1. The van der Waals surface area contributed by atoms with E-state index in [1.165, 1.54) is 0 Å². The molecule has 0 spiro atoms. The zero-order valence-electron chi connectivity index (χ0n) is 9.61. The van der Waals surface area contributed by atoms with Crippen LogP contribution in [0.25, 0.3) is 0 Å². The Morgan fingerprint density at radius 1 is 0.944 bits per heavy atom. The summed E-state index contributed by atoms with van der Waals surface area (Å²) in [5.41, 5.74) is 0. The third-order valence-electron chi connectivity index (χ3n) is 2.24. The Morgan fingerprint density at radius 2 is 1.72 bits per heavy atom. The first kappa shape index (κ1) is 13.2. The van der Waals surface area contributed by atoms with Crippen molar-refractivity contribution in [2.45, 2.75) is 0 Å². The van der Waals surface area contributed by atoms with Gasteiger partial charge in [-0.2, -0.15) is 0 Å². The average Bonchev–Trinajstić information content (AvgIpc) is 2.37. The van der Waals surface area contributed by atoms with E-state index in [2.05, 4.69) is 15.9 Å². The van der Waals surface area contributed by atoms with Crippen molar-refractivity contribution in [3.05, 3.63) is 58.0 Å². The van der Waals surface area contributed by atoms with Crippen LogP contribution in [-0.4, -0.2) is 13.2 Å². The van der Waals surface area contributed by atoms with Gasteiger partial charge in [0.2, 0.25) is 0 Å². The highest BCUT2D eigenvalue weighted by Crippen LogP contribution is 2.23. The Balaban J connectivity index is 1.78. The first-order chi connectivity index (χ1) is 8.75. The minimum atomic E-state index is 0.455. The Morgan fingerprint density at radius 3 is 2.50 bits per heavy atom. The molecular formula is C14H12BrClO2. The number of para-hydroxylation sites is 1. The molecule has 0 fully saturated rings. The van der Waals surface area contributed by atoms with Crippen LogP contribution < -0.4 is 9.47 Å². The molecule has 0 amide bonds. The molecule has 0 saturated carbocycles. The summed E-state index contributed by atoms with van der Waals surface area (Å²) in [4.78, 5) is 0. The Bertz CT molecular complexity index is 517. The van der Waals surface area contributed by atoms with E-state index in [0.29, 0.717) is 24.0 Å². The van der Waals surface area contributed by atoms with Crippen molar-refractivity contribution in [1.82, 2.24) is 0 Å². The molecule has 0 N–H and O–H groups in total. The Labute approximate surface area is 120 Å². The first-order valence-corrected chi connectivity index (χ1v) is 6.68. The van der Waals surface area contributed by atoms with Crippen molar-refractivity contribution >= 4 is 27.5 Å². The molecule has 0 aliphatic heterocycles. The van der Waals surface area contributed by atoms with Gasteiger partial charge < -0.3 is 9.47 Å². The Kier molecular flexibility index (Phi) is 4.90. The van der Waals surface area contributed by atoms with E-state index in [-0.39, 0.29) is 0 Å². The van der Waals surface area contributed by atoms with Gasteiger partial charge in [0.25, 0.3) is 0 Å². The van der Waals surface area contributed by atoms with Crippen molar-refractivity contribution in [2.24, 2.45) is 0 Å². The molecule has 0 atom stereocenters. The largest absolute Gasteiger partial charge is 0.490 e. The number of rotatable bonds is 5. The highest BCUT2D eigenvalue weighted by atomic mass is 79.9. The van der Waals surface area contributed by atoms with Gasteiger partial charge in [0.1, 0.15) is 24.7 Å². The third kappa shape index (κ3) is 3.93. The van der Waals surface area contributed by atoms with Crippen LogP contribution in [0.2, 0.25) is 5.02 Å². The summed E-state index contributed by atoms with van der Waals surface area (Å²) in [6.07, 6.45) is 0. The van der Waals surface area contributed by atoms with Crippen molar-refractivity contribution in [3.8, 4) is 11.5 Å². The van der Waals surface area contributed by atoms with E-state index in [1.54, 1.807) is 6.07 Å². The molecule has 0 radical (unpaired) electrons. The third-order valence-corrected chi connectivity index (χ3v) is 3.05. The molecule has 2 aromatic rings. The summed E-state index contributed by atoms with van der Waals surface area (Å²) < 4.78 is 12.1. The molecule has 0 aliphatic carbocycles. The lowest BCUT2D eigenvalue weighted by Gasteiger charge is -2.09. The number of benzene rings is 2. The maximum atomic E-state index is 5.97. The maximum Gasteiger partial charge on any atom is 0.138 e. The molecule has 0 bridgehead atoms. The highest BCUT2D eigenvalue weighted by molar-refractivity contribution is 9.10. The topological polar surface area (TPSA) is 18.5 Å². The van der Waals surface area contributed by atoms with E-state index in [4.69, 9.17) is 21.1 Å².